The van der Waals surface area contributed by atoms with Crippen LogP contribution in [0.15, 0.2) is 11.6 Å². The van der Waals surface area contributed by atoms with Crippen molar-refractivity contribution in [3.63, 3.8) is 0 Å². The van der Waals surface area contributed by atoms with Crippen LogP contribution in [-0.4, -0.2) is 23.7 Å². The molecule has 0 amide bonds. The highest BCUT2D eigenvalue weighted by molar-refractivity contribution is 5.85. The molecule has 1 N–H and O–H groups in total. The van der Waals surface area contributed by atoms with Crippen molar-refractivity contribution in [2.45, 2.75) is 32.6 Å². The Bertz CT molecular complexity index is 314. The molecular formula is C11H15NO4. The minimum atomic E-state index is -0.916. The number of carboxylic acid groups (broad SMARTS) is 1. The molecule has 0 saturated carbocycles. The van der Waals surface area contributed by atoms with Crippen LogP contribution in [-0.2, 0) is 14.3 Å². The van der Waals surface area contributed by atoms with Crippen LogP contribution in [0.2, 0.25) is 0 Å². The first kappa shape index (κ1) is 14.2. The summed E-state index contributed by atoms with van der Waals surface area (Å²) in [6, 6.07) is 1.70. The Kier molecular flexibility index (Phi) is 7.51. The molecule has 0 heterocycles. The van der Waals surface area contributed by atoms with Gasteiger partial charge >= 0.3 is 11.9 Å². The lowest BCUT2D eigenvalue weighted by atomic mass is 10.2. The van der Waals surface area contributed by atoms with Crippen molar-refractivity contribution < 1.29 is 19.4 Å². The van der Waals surface area contributed by atoms with Crippen LogP contribution < -0.4 is 0 Å². The highest BCUT2D eigenvalue weighted by atomic mass is 16.5. The predicted octanol–water partition coefficient (Wildman–Crippen LogP) is 1.64. The standard InChI is InChI=1S/C11H15NO4/c1-9(11(14)15)5-3-2-4-8-16-10(13)6-7-12/h5H,2-4,6,8H2,1H3,(H,14,15). The zero-order valence-corrected chi connectivity index (χ0v) is 9.23. The maximum Gasteiger partial charge on any atom is 0.330 e. The SMILES string of the molecule is CC(=CCCCCOC(=O)CC#N)C(=O)O. The van der Waals surface area contributed by atoms with E-state index in [0.29, 0.717) is 18.4 Å². The second-order valence-electron chi connectivity index (χ2n) is 3.24. The lowest BCUT2D eigenvalue weighted by Gasteiger charge is -2.01. The van der Waals surface area contributed by atoms with Gasteiger partial charge in [-0.2, -0.15) is 5.26 Å². The molecule has 0 saturated heterocycles. The average Bonchev–Trinajstić information content (AvgIpc) is 2.23. The minimum Gasteiger partial charge on any atom is -0.478 e. The summed E-state index contributed by atoms with van der Waals surface area (Å²) >= 11 is 0. The van der Waals surface area contributed by atoms with Crippen molar-refractivity contribution in [2.24, 2.45) is 0 Å². The van der Waals surface area contributed by atoms with E-state index < -0.39 is 11.9 Å². The van der Waals surface area contributed by atoms with Gasteiger partial charge in [0.05, 0.1) is 12.7 Å². The Hall–Kier alpha value is -1.83. The zero-order chi connectivity index (χ0) is 12.4. The third kappa shape index (κ3) is 7.56. The van der Waals surface area contributed by atoms with Crippen molar-refractivity contribution in [3.05, 3.63) is 11.6 Å². The number of carbonyl (C=O) groups excluding carboxylic acids is 1. The molecule has 0 radical (unpaired) electrons. The minimum absolute atomic E-state index is 0.224. The van der Waals surface area contributed by atoms with Crippen molar-refractivity contribution in [1.29, 1.82) is 5.26 Å². The maximum atomic E-state index is 10.7. The molecule has 0 aliphatic rings. The summed E-state index contributed by atoms with van der Waals surface area (Å²) in [5.74, 6) is -1.43. The molecule has 88 valence electrons. The molecule has 5 nitrogen and oxygen atoms in total. The first-order valence-electron chi connectivity index (χ1n) is 5.00. The highest BCUT2D eigenvalue weighted by Crippen LogP contribution is 2.02. The molecule has 0 fully saturated rings. The van der Waals surface area contributed by atoms with Gasteiger partial charge in [-0.3, -0.25) is 4.79 Å². The summed E-state index contributed by atoms with van der Waals surface area (Å²) in [5, 5.41) is 16.7. The van der Waals surface area contributed by atoms with Gasteiger partial charge in [-0.05, 0) is 26.2 Å². The zero-order valence-electron chi connectivity index (χ0n) is 9.23. The van der Waals surface area contributed by atoms with Crippen LogP contribution in [0.1, 0.15) is 32.6 Å². The monoisotopic (exact) mass is 225 g/mol. The molecule has 0 aliphatic carbocycles. The number of unbranched alkanes of at least 4 members (excludes halogenated alkanes) is 2. The number of rotatable bonds is 7. The van der Waals surface area contributed by atoms with Crippen LogP contribution in [0, 0.1) is 11.3 Å². The third-order valence-electron chi connectivity index (χ3n) is 1.87. The number of aliphatic carboxylic acids is 1. The third-order valence-corrected chi connectivity index (χ3v) is 1.87. The summed E-state index contributed by atoms with van der Waals surface area (Å²) < 4.78 is 4.74. The van der Waals surface area contributed by atoms with E-state index in [1.54, 1.807) is 12.1 Å². The Labute approximate surface area is 94.3 Å². The van der Waals surface area contributed by atoms with Crippen molar-refractivity contribution in [2.75, 3.05) is 6.61 Å². The van der Waals surface area contributed by atoms with E-state index in [-0.39, 0.29) is 13.0 Å². The second kappa shape index (κ2) is 8.48. The number of carbonyl (C=O) groups is 2. The summed E-state index contributed by atoms with van der Waals surface area (Å²) in [6.07, 6.45) is 3.48. The van der Waals surface area contributed by atoms with Crippen molar-refractivity contribution >= 4 is 11.9 Å². The van der Waals surface area contributed by atoms with Gasteiger partial charge in [-0.1, -0.05) is 6.08 Å². The van der Waals surface area contributed by atoms with Gasteiger partial charge in [-0.25, -0.2) is 4.79 Å². The summed E-state index contributed by atoms with van der Waals surface area (Å²) in [5.41, 5.74) is 0.321. The topological polar surface area (TPSA) is 87.4 Å². The molecule has 0 bridgehead atoms. The lowest BCUT2D eigenvalue weighted by molar-refractivity contribution is -0.142. The number of hydrogen-bond acceptors (Lipinski definition) is 4. The van der Waals surface area contributed by atoms with Gasteiger partial charge in [0.25, 0.3) is 0 Å². The van der Waals surface area contributed by atoms with Gasteiger partial charge < -0.3 is 9.84 Å². The molecule has 5 heteroatoms. The van der Waals surface area contributed by atoms with Gasteiger partial charge in [0.2, 0.25) is 0 Å². The average molecular weight is 225 g/mol. The quantitative estimate of drug-likeness (QED) is 0.404. The molecule has 0 aromatic rings. The number of esters is 1. The largest absolute Gasteiger partial charge is 0.478 e. The molecular weight excluding hydrogens is 210 g/mol. The fourth-order valence-corrected chi connectivity index (χ4v) is 0.954. The van der Waals surface area contributed by atoms with Crippen LogP contribution in [0.5, 0.6) is 0 Å². The van der Waals surface area contributed by atoms with Gasteiger partial charge in [-0.15, -0.1) is 0 Å². The molecule has 16 heavy (non-hydrogen) atoms. The summed E-state index contributed by atoms with van der Waals surface area (Å²) in [6.45, 7) is 1.82. The van der Waals surface area contributed by atoms with Crippen LogP contribution in [0.25, 0.3) is 0 Å². The van der Waals surface area contributed by atoms with E-state index in [9.17, 15) is 9.59 Å². The van der Waals surface area contributed by atoms with E-state index >= 15 is 0 Å². The van der Waals surface area contributed by atoms with Crippen LogP contribution >= 0.6 is 0 Å². The molecule has 0 rings (SSSR count). The molecule has 0 spiro atoms. The molecule has 0 unspecified atom stereocenters. The number of ether oxygens (including phenoxy) is 1. The molecule has 0 aliphatic heterocycles. The number of nitriles is 1. The molecule has 0 aromatic carbocycles. The Morgan fingerprint density at radius 3 is 2.69 bits per heavy atom. The van der Waals surface area contributed by atoms with Gasteiger partial charge in [0.15, 0.2) is 0 Å². The van der Waals surface area contributed by atoms with Gasteiger partial charge in [0.1, 0.15) is 6.42 Å². The lowest BCUT2D eigenvalue weighted by Crippen LogP contribution is -2.04. The van der Waals surface area contributed by atoms with E-state index in [1.807, 2.05) is 0 Å². The normalized spacial score (nSPS) is 10.6. The Morgan fingerprint density at radius 1 is 1.44 bits per heavy atom. The van der Waals surface area contributed by atoms with E-state index in [4.69, 9.17) is 15.1 Å². The second-order valence-corrected chi connectivity index (χ2v) is 3.24. The first-order valence-corrected chi connectivity index (χ1v) is 5.00. The number of carboxylic acids is 1. The van der Waals surface area contributed by atoms with E-state index in [1.165, 1.54) is 6.92 Å². The first-order chi connectivity index (χ1) is 7.57. The summed E-state index contributed by atoms with van der Waals surface area (Å²) in [4.78, 5) is 21.2. The van der Waals surface area contributed by atoms with Crippen molar-refractivity contribution in [3.8, 4) is 6.07 Å². The number of nitrogens with zero attached hydrogens (tertiary/aromatic N) is 1. The molecule has 0 aromatic heterocycles. The maximum absolute atomic E-state index is 10.7. The number of allylic oxidation sites excluding steroid dienone is 1. The van der Waals surface area contributed by atoms with Crippen LogP contribution in [0.4, 0.5) is 0 Å². The fraction of sp³-hybridized carbons (Fsp3) is 0.545. The number of hydrogen-bond donors (Lipinski definition) is 1. The molecule has 0 atom stereocenters. The highest BCUT2D eigenvalue weighted by Gasteiger charge is 2.00. The predicted molar refractivity (Wildman–Crippen MR) is 56.4 cm³/mol. The smallest absolute Gasteiger partial charge is 0.330 e. The fourth-order valence-electron chi connectivity index (χ4n) is 0.954. The van der Waals surface area contributed by atoms with Gasteiger partial charge in [0, 0.05) is 5.57 Å². The van der Waals surface area contributed by atoms with Crippen LogP contribution in [0.3, 0.4) is 0 Å². The summed E-state index contributed by atoms with van der Waals surface area (Å²) in [7, 11) is 0. The van der Waals surface area contributed by atoms with E-state index in [0.717, 1.165) is 6.42 Å². The van der Waals surface area contributed by atoms with Crippen molar-refractivity contribution in [1.82, 2.24) is 0 Å². The van der Waals surface area contributed by atoms with E-state index in [2.05, 4.69) is 0 Å². The Balaban J connectivity index is 3.49. The Morgan fingerprint density at radius 2 is 2.12 bits per heavy atom.